The van der Waals surface area contributed by atoms with Gasteiger partial charge in [-0.1, -0.05) is 0 Å². The molecule has 0 saturated carbocycles. The van der Waals surface area contributed by atoms with Gasteiger partial charge in [-0.15, -0.1) is 0 Å². The van der Waals surface area contributed by atoms with E-state index in [1.165, 1.54) is 0 Å². The van der Waals surface area contributed by atoms with E-state index >= 15 is 0 Å². The minimum Gasteiger partial charge on any atom is -0.346 e. The van der Waals surface area contributed by atoms with E-state index in [-0.39, 0.29) is 0 Å². The minimum absolute atomic E-state index is 0.527. The Morgan fingerprint density at radius 1 is 1.27 bits per heavy atom. The molecule has 4 nitrogen and oxygen atoms in total. The molecule has 2 aromatic heterocycles. The fourth-order valence-electron chi connectivity index (χ4n) is 2.13. The summed E-state index contributed by atoms with van der Waals surface area (Å²) in [6.07, 6.45) is 6.11. The predicted octanol–water partition coefficient (Wildman–Crippen LogP) is 1.42. The molecule has 2 N–H and O–H groups in total. The molecular weight excluding hydrogens is 188 g/mol. The lowest BCUT2D eigenvalue weighted by atomic mass is 9.97. The zero-order valence-corrected chi connectivity index (χ0v) is 8.53. The summed E-state index contributed by atoms with van der Waals surface area (Å²) >= 11 is 0. The van der Waals surface area contributed by atoms with Crippen molar-refractivity contribution < 1.29 is 0 Å². The number of nitrogens with zero attached hydrogens (tertiary/aromatic N) is 2. The molecule has 3 heterocycles. The first kappa shape index (κ1) is 8.85. The van der Waals surface area contributed by atoms with Gasteiger partial charge in [0.15, 0.2) is 0 Å². The smallest absolute Gasteiger partial charge is 0.141 e. The van der Waals surface area contributed by atoms with Crippen molar-refractivity contribution in [2.75, 3.05) is 13.1 Å². The monoisotopic (exact) mass is 202 g/mol. The molecule has 1 saturated heterocycles. The van der Waals surface area contributed by atoms with E-state index in [1.807, 2.05) is 18.5 Å². The number of nitrogens with one attached hydrogen (secondary N) is 2. The van der Waals surface area contributed by atoms with Gasteiger partial charge in [0, 0.05) is 23.7 Å². The molecule has 4 heteroatoms. The van der Waals surface area contributed by atoms with Crippen molar-refractivity contribution in [2.24, 2.45) is 0 Å². The highest BCUT2D eigenvalue weighted by Gasteiger charge is 2.17. The fourth-order valence-corrected chi connectivity index (χ4v) is 2.13. The Morgan fingerprint density at radius 3 is 3.00 bits per heavy atom. The van der Waals surface area contributed by atoms with Crippen LogP contribution >= 0.6 is 0 Å². The number of piperidine rings is 1. The molecule has 78 valence electrons. The van der Waals surface area contributed by atoms with Crippen molar-refractivity contribution in [3.8, 4) is 0 Å². The second-order valence-corrected chi connectivity index (χ2v) is 4.03. The van der Waals surface area contributed by atoms with Crippen LogP contribution in [0.3, 0.4) is 0 Å². The largest absolute Gasteiger partial charge is 0.346 e. The molecule has 0 unspecified atom stereocenters. The number of rotatable bonds is 1. The Balaban J connectivity index is 1.95. The first-order valence-electron chi connectivity index (χ1n) is 5.44. The van der Waals surface area contributed by atoms with Crippen LogP contribution in [0.1, 0.15) is 24.6 Å². The number of fused-ring (bicyclic) bond motifs is 1. The molecular formula is C11H14N4. The van der Waals surface area contributed by atoms with Crippen LogP contribution in [0.25, 0.3) is 11.0 Å². The molecule has 0 spiro atoms. The van der Waals surface area contributed by atoms with Crippen molar-refractivity contribution in [1.29, 1.82) is 0 Å². The van der Waals surface area contributed by atoms with Gasteiger partial charge in [-0.3, -0.25) is 0 Å². The maximum absolute atomic E-state index is 4.56. The fraction of sp³-hybridized carbons (Fsp3) is 0.455. The van der Waals surface area contributed by atoms with Gasteiger partial charge in [-0.2, -0.15) is 0 Å². The molecule has 0 aliphatic carbocycles. The molecule has 0 radical (unpaired) electrons. The Morgan fingerprint density at radius 2 is 2.13 bits per heavy atom. The van der Waals surface area contributed by atoms with Gasteiger partial charge < -0.3 is 10.3 Å². The third-order valence-corrected chi connectivity index (χ3v) is 3.02. The topological polar surface area (TPSA) is 53.6 Å². The van der Waals surface area contributed by atoms with Crippen molar-refractivity contribution in [1.82, 2.24) is 20.3 Å². The van der Waals surface area contributed by atoms with Crippen LogP contribution in [-0.4, -0.2) is 28.0 Å². The number of H-pyrrole nitrogens is 1. The van der Waals surface area contributed by atoms with E-state index in [1.54, 1.807) is 0 Å². The number of hydrogen-bond acceptors (Lipinski definition) is 3. The van der Waals surface area contributed by atoms with Crippen molar-refractivity contribution in [3.63, 3.8) is 0 Å². The van der Waals surface area contributed by atoms with Gasteiger partial charge >= 0.3 is 0 Å². The highest BCUT2D eigenvalue weighted by Crippen LogP contribution is 2.22. The summed E-state index contributed by atoms with van der Waals surface area (Å²) in [5.41, 5.74) is 0.957. The molecule has 0 aromatic carbocycles. The highest BCUT2D eigenvalue weighted by atomic mass is 15.0. The molecule has 1 aliphatic heterocycles. The zero-order valence-electron chi connectivity index (χ0n) is 8.53. The minimum atomic E-state index is 0.527. The molecule has 2 aromatic rings. The SMILES string of the molecule is c1cc2cnc(C3CCNCC3)nc2[nH]1. The quantitative estimate of drug-likeness (QED) is 0.735. The third-order valence-electron chi connectivity index (χ3n) is 3.02. The molecule has 0 amide bonds. The van der Waals surface area contributed by atoms with Crippen molar-refractivity contribution in [3.05, 3.63) is 24.3 Å². The third kappa shape index (κ3) is 1.61. The van der Waals surface area contributed by atoms with Gasteiger partial charge in [0.05, 0.1) is 0 Å². The predicted molar refractivity (Wildman–Crippen MR) is 58.7 cm³/mol. The highest BCUT2D eigenvalue weighted by molar-refractivity contribution is 5.73. The zero-order chi connectivity index (χ0) is 10.1. The van der Waals surface area contributed by atoms with Crippen LogP contribution < -0.4 is 5.32 Å². The summed E-state index contributed by atoms with van der Waals surface area (Å²) in [4.78, 5) is 12.1. The summed E-state index contributed by atoms with van der Waals surface area (Å²) in [5.74, 6) is 1.52. The summed E-state index contributed by atoms with van der Waals surface area (Å²) in [5, 5.41) is 4.44. The van der Waals surface area contributed by atoms with Gasteiger partial charge in [0.2, 0.25) is 0 Å². The Labute approximate surface area is 88.1 Å². The average molecular weight is 202 g/mol. The van der Waals surface area contributed by atoms with E-state index < -0.39 is 0 Å². The standard InChI is InChI=1S/C11H14N4/c1-4-12-5-2-8(1)10-14-7-9-3-6-13-11(9)15-10/h3,6-8,12H,1-2,4-5H2,(H,13,14,15). The number of aromatic nitrogens is 3. The molecule has 1 aliphatic rings. The maximum atomic E-state index is 4.56. The molecule has 1 fully saturated rings. The maximum Gasteiger partial charge on any atom is 0.141 e. The van der Waals surface area contributed by atoms with E-state index in [9.17, 15) is 0 Å². The lowest BCUT2D eigenvalue weighted by molar-refractivity contribution is 0.446. The van der Waals surface area contributed by atoms with Crippen molar-refractivity contribution >= 4 is 11.0 Å². The van der Waals surface area contributed by atoms with Crippen LogP contribution in [0.2, 0.25) is 0 Å². The van der Waals surface area contributed by atoms with Gasteiger partial charge in [0.1, 0.15) is 11.5 Å². The second kappa shape index (κ2) is 3.62. The van der Waals surface area contributed by atoms with Crippen molar-refractivity contribution in [2.45, 2.75) is 18.8 Å². The van der Waals surface area contributed by atoms with Gasteiger partial charge in [0.25, 0.3) is 0 Å². The average Bonchev–Trinajstić information content (AvgIpc) is 2.77. The Bertz CT molecular complexity index is 456. The van der Waals surface area contributed by atoms with Crippen LogP contribution in [0.15, 0.2) is 18.5 Å². The van der Waals surface area contributed by atoms with E-state index in [4.69, 9.17) is 0 Å². The lowest BCUT2D eigenvalue weighted by Gasteiger charge is -2.20. The lowest BCUT2D eigenvalue weighted by Crippen LogP contribution is -2.27. The van der Waals surface area contributed by atoms with Gasteiger partial charge in [-0.25, -0.2) is 9.97 Å². The molecule has 15 heavy (non-hydrogen) atoms. The summed E-state index contributed by atoms with van der Waals surface area (Å²) in [6.45, 7) is 2.16. The number of hydrogen-bond donors (Lipinski definition) is 2. The van der Waals surface area contributed by atoms with Crippen LogP contribution in [0.4, 0.5) is 0 Å². The summed E-state index contributed by atoms with van der Waals surface area (Å²) in [7, 11) is 0. The number of aromatic amines is 1. The van der Waals surface area contributed by atoms with Gasteiger partial charge in [-0.05, 0) is 32.0 Å². The summed E-state index contributed by atoms with van der Waals surface area (Å²) < 4.78 is 0. The second-order valence-electron chi connectivity index (χ2n) is 4.03. The van der Waals surface area contributed by atoms with Crippen LogP contribution in [0.5, 0.6) is 0 Å². The summed E-state index contributed by atoms with van der Waals surface area (Å²) in [6, 6.07) is 2.00. The van der Waals surface area contributed by atoms with E-state index in [0.717, 1.165) is 42.8 Å². The van der Waals surface area contributed by atoms with E-state index in [0.29, 0.717) is 5.92 Å². The van der Waals surface area contributed by atoms with Crippen LogP contribution in [0, 0.1) is 0 Å². The molecule has 0 atom stereocenters. The van der Waals surface area contributed by atoms with Crippen LogP contribution in [-0.2, 0) is 0 Å². The molecule has 0 bridgehead atoms. The van der Waals surface area contributed by atoms with E-state index in [2.05, 4.69) is 20.3 Å². The molecule has 3 rings (SSSR count). The first-order chi connectivity index (χ1) is 7.43. The Kier molecular flexibility index (Phi) is 2.14. The first-order valence-corrected chi connectivity index (χ1v) is 5.44. The normalized spacial score (nSPS) is 18.4. The Hall–Kier alpha value is -1.42.